The molecule has 0 spiro atoms. The van der Waals surface area contributed by atoms with Crippen molar-refractivity contribution in [3.05, 3.63) is 23.7 Å². The summed E-state index contributed by atoms with van der Waals surface area (Å²) in [7, 11) is 1.83. The van der Waals surface area contributed by atoms with Crippen molar-refractivity contribution < 1.29 is 4.42 Å². The maximum Gasteiger partial charge on any atom is 0.184 e. The van der Waals surface area contributed by atoms with Gasteiger partial charge >= 0.3 is 0 Å². The van der Waals surface area contributed by atoms with Gasteiger partial charge in [0.1, 0.15) is 11.5 Å². The van der Waals surface area contributed by atoms with Gasteiger partial charge in [-0.2, -0.15) is 8.75 Å². The van der Waals surface area contributed by atoms with E-state index < -0.39 is 0 Å². The Bertz CT molecular complexity index is 479. The highest BCUT2D eigenvalue weighted by Crippen LogP contribution is 2.27. The molecule has 2 aromatic heterocycles. The van der Waals surface area contributed by atoms with Gasteiger partial charge in [-0.15, -0.1) is 0 Å². The van der Waals surface area contributed by atoms with Crippen molar-refractivity contribution >= 4 is 23.4 Å². The number of nitrogens with zero attached hydrogens (tertiary/aromatic N) is 2. The Morgan fingerprint density at radius 1 is 1.35 bits per heavy atom. The zero-order valence-electron chi connectivity index (χ0n) is 10.2. The first-order chi connectivity index (χ1) is 8.24. The molecule has 0 aliphatic rings. The van der Waals surface area contributed by atoms with Crippen LogP contribution in [0.2, 0.25) is 0 Å². The number of nitrogens with one attached hydrogen (secondary N) is 2. The van der Waals surface area contributed by atoms with Crippen LogP contribution in [-0.2, 0) is 0 Å². The first-order valence-corrected chi connectivity index (χ1v) is 6.30. The fourth-order valence-corrected chi connectivity index (χ4v) is 2.15. The fourth-order valence-electron chi connectivity index (χ4n) is 1.63. The molecule has 5 nitrogen and oxygen atoms in total. The van der Waals surface area contributed by atoms with Gasteiger partial charge in [-0.3, -0.25) is 0 Å². The van der Waals surface area contributed by atoms with Crippen molar-refractivity contribution in [1.29, 1.82) is 0 Å². The molecule has 2 N–H and O–H groups in total. The molecule has 0 unspecified atom stereocenters. The molecule has 0 radical (unpaired) electrons. The van der Waals surface area contributed by atoms with Gasteiger partial charge in [0, 0.05) is 7.05 Å². The minimum Gasteiger partial charge on any atom is -0.464 e. The van der Waals surface area contributed by atoms with E-state index in [1.165, 1.54) is 11.7 Å². The number of furan rings is 1. The van der Waals surface area contributed by atoms with Crippen molar-refractivity contribution in [3.63, 3.8) is 0 Å². The number of anilines is 2. The van der Waals surface area contributed by atoms with E-state index in [0.717, 1.165) is 29.6 Å². The molecule has 6 heteroatoms. The molecule has 0 bridgehead atoms. The Morgan fingerprint density at radius 3 is 2.71 bits per heavy atom. The molecule has 2 rings (SSSR count). The lowest BCUT2D eigenvalue weighted by molar-refractivity contribution is 0.452. The predicted molar refractivity (Wildman–Crippen MR) is 69.6 cm³/mol. The third kappa shape index (κ3) is 2.58. The van der Waals surface area contributed by atoms with Gasteiger partial charge in [-0.1, -0.05) is 6.92 Å². The molecule has 0 aliphatic heterocycles. The van der Waals surface area contributed by atoms with Crippen molar-refractivity contribution in [2.24, 2.45) is 0 Å². The van der Waals surface area contributed by atoms with Gasteiger partial charge in [0.2, 0.25) is 0 Å². The smallest absolute Gasteiger partial charge is 0.184 e. The van der Waals surface area contributed by atoms with Crippen LogP contribution < -0.4 is 10.6 Å². The van der Waals surface area contributed by atoms with Crippen LogP contribution >= 0.6 is 11.7 Å². The lowest BCUT2D eigenvalue weighted by Gasteiger charge is -2.14. The van der Waals surface area contributed by atoms with Crippen LogP contribution in [0.3, 0.4) is 0 Å². The van der Waals surface area contributed by atoms with Crippen LogP contribution in [0.15, 0.2) is 16.5 Å². The van der Waals surface area contributed by atoms with Gasteiger partial charge in [0.15, 0.2) is 11.6 Å². The van der Waals surface area contributed by atoms with E-state index >= 15 is 0 Å². The summed E-state index contributed by atoms with van der Waals surface area (Å²) in [5, 5.41) is 6.34. The number of rotatable bonds is 5. The van der Waals surface area contributed by atoms with E-state index in [1.807, 2.05) is 26.1 Å². The highest BCUT2D eigenvalue weighted by molar-refractivity contribution is 6.99. The van der Waals surface area contributed by atoms with Crippen LogP contribution in [0, 0.1) is 6.92 Å². The fraction of sp³-hybridized carbons (Fsp3) is 0.455. The first-order valence-electron chi connectivity index (χ1n) is 5.57. The second kappa shape index (κ2) is 5.18. The molecule has 0 aromatic carbocycles. The summed E-state index contributed by atoms with van der Waals surface area (Å²) in [5.74, 6) is 3.40. The number of hydrogen-bond donors (Lipinski definition) is 2. The van der Waals surface area contributed by atoms with E-state index in [2.05, 4.69) is 26.3 Å². The molecular weight excluding hydrogens is 236 g/mol. The first kappa shape index (κ1) is 11.9. The molecule has 0 aliphatic carbocycles. The lowest BCUT2D eigenvalue weighted by Crippen LogP contribution is -2.10. The zero-order valence-corrected chi connectivity index (χ0v) is 11.0. The third-order valence-corrected chi connectivity index (χ3v) is 3.08. The van der Waals surface area contributed by atoms with Crippen LogP contribution in [0.25, 0.3) is 0 Å². The van der Waals surface area contributed by atoms with Crippen molar-refractivity contribution in [1.82, 2.24) is 8.75 Å². The van der Waals surface area contributed by atoms with Gasteiger partial charge in [0.25, 0.3) is 0 Å². The van der Waals surface area contributed by atoms with Crippen molar-refractivity contribution in [3.8, 4) is 0 Å². The average molecular weight is 252 g/mol. The van der Waals surface area contributed by atoms with Crippen LogP contribution in [-0.4, -0.2) is 15.8 Å². The van der Waals surface area contributed by atoms with Crippen LogP contribution in [0.5, 0.6) is 0 Å². The highest BCUT2D eigenvalue weighted by Gasteiger charge is 2.16. The monoisotopic (exact) mass is 252 g/mol. The molecule has 2 aromatic rings. The summed E-state index contributed by atoms with van der Waals surface area (Å²) >= 11 is 1.19. The minimum absolute atomic E-state index is 0.125. The SMILES string of the molecule is CC[C@@H](Nc1nsnc1NC)c1ccc(C)o1. The van der Waals surface area contributed by atoms with Gasteiger partial charge < -0.3 is 15.1 Å². The topological polar surface area (TPSA) is 63.0 Å². The molecular formula is C11H16N4OS. The normalized spacial score (nSPS) is 12.4. The Balaban J connectivity index is 2.15. The van der Waals surface area contributed by atoms with Crippen molar-refractivity contribution in [2.75, 3.05) is 17.7 Å². The molecule has 0 saturated carbocycles. The molecule has 0 fully saturated rings. The van der Waals surface area contributed by atoms with E-state index in [1.54, 1.807) is 0 Å². The number of hydrogen-bond acceptors (Lipinski definition) is 6. The second-order valence-electron chi connectivity index (χ2n) is 3.77. The molecule has 17 heavy (non-hydrogen) atoms. The maximum atomic E-state index is 5.63. The lowest BCUT2D eigenvalue weighted by atomic mass is 10.2. The van der Waals surface area contributed by atoms with Gasteiger partial charge in [-0.05, 0) is 25.5 Å². The molecule has 1 atom stereocenters. The number of aromatic nitrogens is 2. The van der Waals surface area contributed by atoms with Crippen LogP contribution in [0.4, 0.5) is 11.6 Å². The predicted octanol–water partition coefficient (Wildman–Crippen LogP) is 3.04. The summed E-state index contributed by atoms with van der Waals surface area (Å²) in [4.78, 5) is 0. The summed E-state index contributed by atoms with van der Waals surface area (Å²) in [6, 6.07) is 4.09. The summed E-state index contributed by atoms with van der Waals surface area (Å²) in [6.45, 7) is 4.05. The Hall–Kier alpha value is -1.56. The molecule has 0 saturated heterocycles. The largest absolute Gasteiger partial charge is 0.464 e. The van der Waals surface area contributed by atoms with Crippen molar-refractivity contribution in [2.45, 2.75) is 26.3 Å². The molecule has 2 heterocycles. The Labute approximate surface area is 105 Å². The van der Waals surface area contributed by atoms with E-state index in [9.17, 15) is 0 Å². The minimum atomic E-state index is 0.125. The highest BCUT2D eigenvalue weighted by atomic mass is 32.1. The summed E-state index contributed by atoms with van der Waals surface area (Å²) < 4.78 is 14.0. The maximum absolute atomic E-state index is 5.63. The quantitative estimate of drug-likeness (QED) is 0.856. The Morgan fingerprint density at radius 2 is 2.12 bits per heavy atom. The Kier molecular flexibility index (Phi) is 3.63. The molecule has 0 amide bonds. The third-order valence-electron chi connectivity index (χ3n) is 2.55. The van der Waals surface area contributed by atoms with E-state index in [4.69, 9.17) is 4.42 Å². The summed E-state index contributed by atoms with van der Waals surface area (Å²) in [6.07, 6.45) is 0.924. The summed E-state index contributed by atoms with van der Waals surface area (Å²) in [5.41, 5.74) is 0. The zero-order chi connectivity index (χ0) is 12.3. The van der Waals surface area contributed by atoms with E-state index in [0.29, 0.717) is 0 Å². The van der Waals surface area contributed by atoms with E-state index in [-0.39, 0.29) is 6.04 Å². The van der Waals surface area contributed by atoms with Crippen LogP contribution in [0.1, 0.15) is 30.9 Å². The number of aryl methyl sites for hydroxylation is 1. The van der Waals surface area contributed by atoms with Gasteiger partial charge in [-0.25, -0.2) is 0 Å². The van der Waals surface area contributed by atoms with Gasteiger partial charge in [0.05, 0.1) is 17.8 Å². The second-order valence-corrected chi connectivity index (χ2v) is 4.29. The standard InChI is InChI=1S/C11H16N4OS/c1-4-8(9-6-5-7(2)16-9)13-11-10(12-3)14-17-15-11/h5-6,8H,4H2,1-3H3,(H,12,14)(H,13,15)/t8-/m1/s1. The average Bonchev–Trinajstić information content (AvgIpc) is 2.94. The molecule has 92 valence electrons.